The third-order valence-electron chi connectivity index (χ3n) is 5.06. The fourth-order valence-corrected chi connectivity index (χ4v) is 3.80. The molecule has 3 heterocycles. The highest BCUT2D eigenvalue weighted by molar-refractivity contribution is 5.85. The molecule has 0 amide bonds. The molecule has 21 heavy (non-hydrogen) atoms. The van der Waals surface area contributed by atoms with Crippen LogP contribution in [0.4, 0.5) is 11.4 Å². The predicted molar refractivity (Wildman–Crippen MR) is 82.7 cm³/mol. The first-order chi connectivity index (χ1) is 10.1. The van der Waals surface area contributed by atoms with Crippen molar-refractivity contribution in [3.63, 3.8) is 0 Å². The first-order valence-electron chi connectivity index (χ1n) is 7.51. The van der Waals surface area contributed by atoms with Gasteiger partial charge < -0.3 is 15.1 Å². The number of rotatable bonds is 1. The molecule has 0 radical (unpaired) electrons. The summed E-state index contributed by atoms with van der Waals surface area (Å²) in [6, 6.07) is 4.97. The average molecular weight is 288 g/mol. The van der Waals surface area contributed by atoms with Gasteiger partial charge in [0.2, 0.25) is 0 Å². The number of nitrogens with one attached hydrogen (secondary N) is 1. The van der Waals surface area contributed by atoms with Gasteiger partial charge in [-0.25, -0.2) is 4.79 Å². The molecule has 2 aliphatic heterocycles. The van der Waals surface area contributed by atoms with Crippen molar-refractivity contribution in [2.45, 2.75) is 31.3 Å². The van der Waals surface area contributed by atoms with E-state index in [4.69, 9.17) is 10.2 Å². The molecule has 2 aliphatic rings. The van der Waals surface area contributed by atoms with Crippen molar-refractivity contribution < 1.29 is 4.42 Å². The molecular formula is C15H20N4O2. The molecular weight excluding hydrogens is 268 g/mol. The minimum Gasteiger partial charge on any atom is -0.408 e. The van der Waals surface area contributed by atoms with E-state index in [2.05, 4.69) is 21.8 Å². The molecule has 3 N–H and O–H groups in total. The van der Waals surface area contributed by atoms with E-state index in [0.717, 1.165) is 25.2 Å². The number of hydrogen-bond donors (Lipinski definition) is 2. The summed E-state index contributed by atoms with van der Waals surface area (Å²) in [4.78, 5) is 18.9. The number of H-pyrrole nitrogens is 1. The summed E-state index contributed by atoms with van der Waals surface area (Å²) in [5, 5.41) is 0. The summed E-state index contributed by atoms with van der Waals surface area (Å²) in [6.45, 7) is 1.99. The van der Waals surface area contributed by atoms with E-state index >= 15 is 0 Å². The number of aromatic amines is 1. The number of anilines is 2. The molecule has 2 saturated heterocycles. The van der Waals surface area contributed by atoms with Crippen LogP contribution >= 0.6 is 0 Å². The Morgan fingerprint density at radius 1 is 1.29 bits per heavy atom. The Morgan fingerprint density at radius 3 is 2.95 bits per heavy atom. The number of oxazole rings is 1. The van der Waals surface area contributed by atoms with Crippen LogP contribution in [0.2, 0.25) is 0 Å². The maximum atomic E-state index is 11.3. The number of nitrogens with zero attached hydrogens (tertiary/aromatic N) is 2. The van der Waals surface area contributed by atoms with Crippen LogP contribution in [0, 0.1) is 0 Å². The van der Waals surface area contributed by atoms with Crippen molar-refractivity contribution in [1.82, 2.24) is 9.88 Å². The topological polar surface area (TPSA) is 78.5 Å². The Hall–Kier alpha value is -1.95. The Bertz CT molecular complexity index is 735. The van der Waals surface area contributed by atoms with Crippen molar-refractivity contribution in [3.8, 4) is 0 Å². The van der Waals surface area contributed by atoms with Gasteiger partial charge in [-0.15, -0.1) is 0 Å². The van der Waals surface area contributed by atoms with Crippen molar-refractivity contribution >= 4 is 22.5 Å². The van der Waals surface area contributed by atoms with Gasteiger partial charge in [-0.2, -0.15) is 0 Å². The number of aromatic nitrogens is 1. The highest BCUT2D eigenvalue weighted by atomic mass is 16.4. The molecule has 2 fully saturated rings. The largest absolute Gasteiger partial charge is 0.417 e. The van der Waals surface area contributed by atoms with Gasteiger partial charge in [0.1, 0.15) is 0 Å². The summed E-state index contributed by atoms with van der Waals surface area (Å²) in [7, 11) is 2.23. The van der Waals surface area contributed by atoms with Gasteiger partial charge in [-0.3, -0.25) is 9.88 Å². The first-order valence-corrected chi connectivity index (χ1v) is 7.51. The molecule has 1 aromatic heterocycles. The lowest BCUT2D eigenvalue weighted by molar-refractivity contribution is 0.254. The average Bonchev–Trinajstić information content (AvgIpc) is 2.88. The second-order valence-corrected chi connectivity index (χ2v) is 6.21. The number of nitrogens with two attached hydrogens (primary N) is 1. The lowest BCUT2D eigenvalue weighted by Gasteiger charge is -2.28. The zero-order chi connectivity index (χ0) is 14.6. The Balaban J connectivity index is 1.72. The number of hydrogen-bond acceptors (Lipinski definition) is 5. The normalized spacial score (nSPS) is 26.4. The maximum absolute atomic E-state index is 11.3. The molecule has 2 atom stereocenters. The molecule has 2 aromatic rings. The highest BCUT2D eigenvalue weighted by Crippen LogP contribution is 2.34. The van der Waals surface area contributed by atoms with Gasteiger partial charge in [0.15, 0.2) is 5.58 Å². The van der Waals surface area contributed by atoms with Crippen molar-refractivity contribution in [2.24, 2.45) is 0 Å². The van der Waals surface area contributed by atoms with Crippen LogP contribution in [0.15, 0.2) is 21.3 Å². The summed E-state index contributed by atoms with van der Waals surface area (Å²) in [6.07, 6.45) is 3.72. The smallest absolute Gasteiger partial charge is 0.408 e. The lowest BCUT2D eigenvalue weighted by atomic mass is 10.1. The molecule has 0 spiro atoms. The van der Waals surface area contributed by atoms with Gasteiger partial charge in [0, 0.05) is 31.2 Å². The fourth-order valence-electron chi connectivity index (χ4n) is 3.80. The van der Waals surface area contributed by atoms with Crippen molar-refractivity contribution in [2.75, 3.05) is 30.8 Å². The van der Waals surface area contributed by atoms with Gasteiger partial charge in [0.05, 0.1) is 16.9 Å². The molecule has 6 nitrogen and oxygen atoms in total. The fraction of sp³-hybridized carbons (Fsp3) is 0.533. The molecule has 112 valence electrons. The van der Waals surface area contributed by atoms with Gasteiger partial charge in [-0.1, -0.05) is 0 Å². The van der Waals surface area contributed by atoms with Gasteiger partial charge >= 0.3 is 5.76 Å². The monoisotopic (exact) mass is 288 g/mol. The van der Waals surface area contributed by atoms with Gasteiger partial charge in [-0.05, 0) is 32.4 Å². The van der Waals surface area contributed by atoms with E-state index in [-0.39, 0.29) is 0 Å². The zero-order valence-corrected chi connectivity index (χ0v) is 12.1. The molecule has 2 bridgehead atoms. The summed E-state index contributed by atoms with van der Waals surface area (Å²) >= 11 is 0. The van der Waals surface area contributed by atoms with Crippen LogP contribution in [0.25, 0.3) is 11.1 Å². The molecule has 6 heteroatoms. The minimum absolute atomic E-state index is 0.434. The van der Waals surface area contributed by atoms with Crippen LogP contribution in [0.5, 0.6) is 0 Å². The number of likely N-dealkylation sites (N-methyl/N-ethyl adjacent to an activating group) is 1. The molecule has 0 saturated carbocycles. The third-order valence-corrected chi connectivity index (χ3v) is 5.06. The van der Waals surface area contributed by atoms with Crippen LogP contribution < -0.4 is 16.4 Å². The van der Waals surface area contributed by atoms with E-state index in [9.17, 15) is 4.79 Å². The van der Waals surface area contributed by atoms with Crippen LogP contribution in [-0.4, -0.2) is 42.1 Å². The number of nitrogen functional groups attached to an aromatic ring is 1. The summed E-state index contributed by atoms with van der Waals surface area (Å²) < 4.78 is 5.06. The standard InChI is InChI=1S/C15H20N4O2/c1-18-9-2-3-10(18)8-19(5-4-9)13-7-12-14(6-11(13)16)21-15(20)17-12/h6-7,9-10H,2-5,8,16H2,1H3,(H,17,20). The Morgan fingerprint density at radius 2 is 2.10 bits per heavy atom. The van der Waals surface area contributed by atoms with Crippen molar-refractivity contribution in [1.29, 1.82) is 0 Å². The molecule has 0 aliphatic carbocycles. The molecule has 2 unspecified atom stereocenters. The third kappa shape index (κ3) is 2.01. The zero-order valence-electron chi connectivity index (χ0n) is 12.1. The number of fused-ring (bicyclic) bond motifs is 3. The molecule has 4 rings (SSSR count). The van der Waals surface area contributed by atoms with E-state index in [0.29, 0.717) is 28.9 Å². The predicted octanol–water partition coefficient (Wildman–Crippen LogP) is 1.38. The van der Waals surface area contributed by atoms with Crippen LogP contribution in [-0.2, 0) is 0 Å². The highest BCUT2D eigenvalue weighted by Gasteiger charge is 2.35. The lowest BCUT2D eigenvalue weighted by Crippen LogP contribution is -2.36. The minimum atomic E-state index is -0.434. The quantitative estimate of drug-likeness (QED) is 0.775. The second-order valence-electron chi connectivity index (χ2n) is 6.21. The van der Waals surface area contributed by atoms with E-state index in [1.807, 2.05) is 6.07 Å². The first kappa shape index (κ1) is 12.8. The van der Waals surface area contributed by atoms with Crippen LogP contribution in [0.1, 0.15) is 19.3 Å². The second kappa shape index (κ2) is 4.53. The van der Waals surface area contributed by atoms with Crippen LogP contribution in [0.3, 0.4) is 0 Å². The van der Waals surface area contributed by atoms with Crippen molar-refractivity contribution in [3.05, 3.63) is 22.7 Å². The summed E-state index contributed by atoms with van der Waals surface area (Å²) in [5.74, 6) is -0.434. The summed E-state index contributed by atoms with van der Waals surface area (Å²) in [5.41, 5.74) is 9.09. The van der Waals surface area contributed by atoms with E-state index < -0.39 is 5.76 Å². The maximum Gasteiger partial charge on any atom is 0.417 e. The Labute approximate surface area is 122 Å². The van der Waals surface area contributed by atoms with E-state index in [1.165, 1.54) is 12.8 Å². The van der Waals surface area contributed by atoms with E-state index in [1.54, 1.807) is 6.07 Å². The SMILES string of the molecule is CN1C2CCC1CN(c1cc3[nH]c(=O)oc3cc1N)CC2. The Kier molecular flexibility index (Phi) is 2.75. The molecule has 1 aromatic carbocycles. The van der Waals surface area contributed by atoms with Gasteiger partial charge in [0.25, 0.3) is 0 Å². The number of benzene rings is 1.